The Kier molecular flexibility index (Phi) is 3.76. The average Bonchev–Trinajstić information content (AvgIpc) is 1.98. The summed E-state index contributed by atoms with van der Waals surface area (Å²) in [7, 11) is 0. The van der Waals surface area contributed by atoms with Gasteiger partial charge in [0.25, 0.3) is 0 Å². The van der Waals surface area contributed by atoms with Crippen molar-refractivity contribution in [3.63, 3.8) is 0 Å². The summed E-state index contributed by atoms with van der Waals surface area (Å²) in [5.74, 6) is 0. The van der Waals surface area contributed by atoms with Gasteiger partial charge in [-0.25, -0.2) is 0 Å². The maximum atomic E-state index is 5.76. The van der Waals surface area contributed by atoms with Crippen molar-refractivity contribution in [1.82, 2.24) is 0 Å². The zero-order valence-electron chi connectivity index (χ0n) is 7.35. The lowest BCUT2D eigenvalue weighted by Crippen LogP contribution is -2.17. The van der Waals surface area contributed by atoms with E-state index in [0.717, 1.165) is 21.1 Å². The van der Waals surface area contributed by atoms with Crippen molar-refractivity contribution in [2.75, 3.05) is 5.73 Å². The van der Waals surface area contributed by atoms with Crippen LogP contribution >= 0.6 is 31.9 Å². The molecule has 2 nitrogen and oxygen atoms in total. The van der Waals surface area contributed by atoms with Crippen molar-refractivity contribution in [2.45, 2.75) is 19.4 Å². The lowest BCUT2D eigenvalue weighted by Gasteiger charge is -2.08. The van der Waals surface area contributed by atoms with Gasteiger partial charge in [0.05, 0.1) is 5.69 Å². The van der Waals surface area contributed by atoms with Crippen LogP contribution in [0.1, 0.15) is 12.5 Å². The Labute approximate surface area is 94.9 Å². The highest BCUT2D eigenvalue weighted by Crippen LogP contribution is 2.29. The molecule has 0 radical (unpaired) electrons. The third-order valence-corrected chi connectivity index (χ3v) is 3.01. The van der Waals surface area contributed by atoms with E-state index < -0.39 is 0 Å². The fourth-order valence-electron chi connectivity index (χ4n) is 1.13. The molecule has 0 saturated carbocycles. The molecule has 4 heteroatoms. The van der Waals surface area contributed by atoms with E-state index in [1.807, 2.05) is 19.1 Å². The molecule has 1 rings (SSSR count). The number of benzene rings is 1. The van der Waals surface area contributed by atoms with Gasteiger partial charge in [0.1, 0.15) is 0 Å². The molecule has 0 saturated heterocycles. The highest BCUT2D eigenvalue weighted by molar-refractivity contribution is 9.11. The molecule has 13 heavy (non-hydrogen) atoms. The van der Waals surface area contributed by atoms with Crippen LogP contribution in [-0.4, -0.2) is 6.04 Å². The molecule has 0 aromatic heterocycles. The second-order valence-corrected chi connectivity index (χ2v) is 4.86. The summed E-state index contributed by atoms with van der Waals surface area (Å²) in [6.45, 7) is 1.98. The molecule has 0 aliphatic heterocycles. The number of halogens is 2. The first-order valence-corrected chi connectivity index (χ1v) is 5.58. The lowest BCUT2D eigenvalue weighted by atomic mass is 10.1. The van der Waals surface area contributed by atoms with E-state index in [-0.39, 0.29) is 6.04 Å². The number of hydrogen-bond donors (Lipinski definition) is 2. The van der Waals surface area contributed by atoms with Crippen LogP contribution in [0.3, 0.4) is 0 Å². The molecule has 0 heterocycles. The first kappa shape index (κ1) is 11.0. The molecule has 4 N–H and O–H groups in total. The molecule has 0 unspecified atom stereocenters. The van der Waals surface area contributed by atoms with Crippen LogP contribution in [0.25, 0.3) is 0 Å². The monoisotopic (exact) mass is 306 g/mol. The van der Waals surface area contributed by atoms with Gasteiger partial charge in [-0.15, -0.1) is 0 Å². The Morgan fingerprint density at radius 2 is 1.77 bits per heavy atom. The summed E-state index contributed by atoms with van der Waals surface area (Å²) in [6.07, 6.45) is 0.859. The lowest BCUT2D eigenvalue weighted by molar-refractivity contribution is 0.737. The SMILES string of the molecule is C[C@@H](N)Cc1cc(Br)c(N)c(Br)c1. The highest BCUT2D eigenvalue weighted by atomic mass is 79.9. The summed E-state index contributed by atoms with van der Waals surface area (Å²) in [5.41, 5.74) is 13.4. The van der Waals surface area contributed by atoms with E-state index in [0.29, 0.717) is 0 Å². The van der Waals surface area contributed by atoms with Gasteiger partial charge >= 0.3 is 0 Å². The molecular formula is C9H12Br2N2. The first-order chi connectivity index (χ1) is 6.00. The van der Waals surface area contributed by atoms with Gasteiger partial charge in [-0.05, 0) is 62.9 Å². The van der Waals surface area contributed by atoms with E-state index >= 15 is 0 Å². The molecule has 72 valence electrons. The molecular weight excluding hydrogens is 296 g/mol. The van der Waals surface area contributed by atoms with Gasteiger partial charge in [0, 0.05) is 15.0 Å². The van der Waals surface area contributed by atoms with Crippen molar-refractivity contribution >= 4 is 37.5 Å². The molecule has 0 fully saturated rings. The highest BCUT2D eigenvalue weighted by Gasteiger charge is 2.05. The minimum Gasteiger partial charge on any atom is -0.397 e. The fourth-order valence-corrected chi connectivity index (χ4v) is 2.41. The Morgan fingerprint density at radius 1 is 1.31 bits per heavy atom. The predicted molar refractivity (Wildman–Crippen MR) is 63.6 cm³/mol. The molecule has 1 aromatic carbocycles. The third kappa shape index (κ3) is 2.97. The van der Waals surface area contributed by atoms with E-state index in [1.54, 1.807) is 0 Å². The second kappa shape index (κ2) is 4.44. The van der Waals surface area contributed by atoms with Gasteiger partial charge in [0.15, 0.2) is 0 Å². The largest absolute Gasteiger partial charge is 0.397 e. The molecule has 0 aliphatic carbocycles. The molecule has 1 atom stereocenters. The number of hydrogen-bond acceptors (Lipinski definition) is 2. The number of anilines is 1. The van der Waals surface area contributed by atoms with Crippen LogP contribution in [0.2, 0.25) is 0 Å². The smallest absolute Gasteiger partial charge is 0.0603 e. The third-order valence-electron chi connectivity index (χ3n) is 1.70. The van der Waals surface area contributed by atoms with E-state index in [9.17, 15) is 0 Å². The summed E-state index contributed by atoms with van der Waals surface area (Å²) >= 11 is 6.78. The van der Waals surface area contributed by atoms with Crippen molar-refractivity contribution in [1.29, 1.82) is 0 Å². The van der Waals surface area contributed by atoms with Crippen LogP contribution < -0.4 is 11.5 Å². The zero-order valence-corrected chi connectivity index (χ0v) is 10.5. The van der Waals surface area contributed by atoms with Gasteiger partial charge in [0.2, 0.25) is 0 Å². The zero-order chi connectivity index (χ0) is 10.0. The maximum Gasteiger partial charge on any atom is 0.0603 e. The molecule has 0 spiro atoms. The van der Waals surface area contributed by atoms with E-state index in [4.69, 9.17) is 11.5 Å². The predicted octanol–water partition coefficient (Wildman–Crippen LogP) is 2.68. The van der Waals surface area contributed by atoms with Crippen LogP contribution in [0.5, 0.6) is 0 Å². The number of rotatable bonds is 2. The Balaban J connectivity index is 2.99. The van der Waals surface area contributed by atoms with Crippen molar-refractivity contribution < 1.29 is 0 Å². The Morgan fingerprint density at radius 3 is 2.15 bits per heavy atom. The fraction of sp³-hybridized carbons (Fsp3) is 0.333. The van der Waals surface area contributed by atoms with Crippen LogP contribution in [-0.2, 0) is 6.42 Å². The van der Waals surface area contributed by atoms with Gasteiger partial charge in [-0.1, -0.05) is 0 Å². The Hall–Kier alpha value is -0.0600. The topological polar surface area (TPSA) is 52.0 Å². The summed E-state index contributed by atoms with van der Waals surface area (Å²) in [4.78, 5) is 0. The van der Waals surface area contributed by atoms with Crippen molar-refractivity contribution in [2.24, 2.45) is 5.73 Å². The minimum absolute atomic E-state index is 0.169. The van der Waals surface area contributed by atoms with E-state index in [2.05, 4.69) is 31.9 Å². The van der Waals surface area contributed by atoms with Gasteiger partial charge < -0.3 is 11.5 Å². The number of nitrogens with two attached hydrogens (primary N) is 2. The van der Waals surface area contributed by atoms with Crippen LogP contribution in [0.4, 0.5) is 5.69 Å². The minimum atomic E-state index is 0.169. The summed E-state index contributed by atoms with van der Waals surface area (Å²) in [6, 6.07) is 4.18. The molecule has 0 amide bonds. The maximum absolute atomic E-state index is 5.76. The summed E-state index contributed by atoms with van der Waals surface area (Å²) < 4.78 is 1.83. The number of nitrogen functional groups attached to an aromatic ring is 1. The van der Waals surface area contributed by atoms with Gasteiger partial charge in [-0.2, -0.15) is 0 Å². The van der Waals surface area contributed by atoms with Crippen molar-refractivity contribution in [3.8, 4) is 0 Å². The van der Waals surface area contributed by atoms with Crippen LogP contribution in [0, 0.1) is 0 Å². The summed E-state index contributed by atoms with van der Waals surface area (Å²) in [5, 5.41) is 0. The van der Waals surface area contributed by atoms with Crippen LogP contribution in [0.15, 0.2) is 21.1 Å². The average molecular weight is 308 g/mol. The standard InChI is InChI=1S/C9H12Br2N2/c1-5(12)2-6-3-7(10)9(13)8(11)4-6/h3-5H,2,12-13H2,1H3/t5-/m1/s1. The quantitative estimate of drug-likeness (QED) is 0.825. The van der Waals surface area contributed by atoms with E-state index in [1.165, 1.54) is 5.56 Å². The Bertz CT molecular complexity index is 287. The van der Waals surface area contributed by atoms with Crippen molar-refractivity contribution in [3.05, 3.63) is 26.6 Å². The molecule has 0 aliphatic rings. The first-order valence-electron chi connectivity index (χ1n) is 3.99. The molecule has 0 bridgehead atoms. The van der Waals surface area contributed by atoms with Gasteiger partial charge in [-0.3, -0.25) is 0 Å². The normalized spacial score (nSPS) is 12.9. The molecule has 1 aromatic rings. The second-order valence-electron chi connectivity index (χ2n) is 3.15.